The fourth-order valence-electron chi connectivity index (χ4n) is 0. The molecule has 0 saturated heterocycles. The summed E-state index contributed by atoms with van der Waals surface area (Å²) in [5, 5.41) is 11.2. The van der Waals surface area contributed by atoms with Crippen molar-refractivity contribution in [3.63, 3.8) is 0 Å². The van der Waals surface area contributed by atoms with Crippen LogP contribution in [0.15, 0.2) is 0 Å². The first-order valence-corrected chi connectivity index (χ1v) is 3.19. The van der Waals surface area contributed by atoms with Gasteiger partial charge in [0.15, 0.2) is 0 Å². The summed E-state index contributed by atoms with van der Waals surface area (Å²) >= 11 is 0. The Labute approximate surface area is 47.5 Å². The van der Waals surface area contributed by atoms with E-state index in [9.17, 15) is 3.89 Å². The van der Waals surface area contributed by atoms with E-state index in [1.54, 1.807) is 6.92 Å². The topological polar surface area (TPSA) is 80.4 Å². The maximum Gasteiger partial charge on any atom is 0.369 e. The Morgan fingerprint density at radius 1 is 1.75 bits per heavy atom. The van der Waals surface area contributed by atoms with Gasteiger partial charge >= 0.3 is 10.4 Å². The van der Waals surface area contributed by atoms with Crippen molar-refractivity contribution in [3.8, 4) is 0 Å². The summed E-state index contributed by atoms with van der Waals surface area (Å²) in [6.07, 6.45) is 0. The van der Waals surface area contributed by atoms with Crippen LogP contribution in [-0.4, -0.2) is 20.1 Å². The second kappa shape index (κ2) is 4.95. The Hall–Kier alpha value is -0.200. The molecule has 3 N–H and O–H groups in total. The lowest BCUT2D eigenvalue weighted by atomic mass is 10.9. The molecular formula is C2H8FNO3S. The highest BCUT2D eigenvalue weighted by Crippen LogP contribution is 1.67. The SMILES string of the molecule is CCO.NS(=O)(=O)F. The van der Waals surface area contributed by atoms with Crippen molar-refractivity contribution in [1.82, 2.24) is 0 Å². The molecule has 0 spiro atoms. The van der Waals surface area contributed by atoms with Crippen LogP contribution in [0.5, 0.6) is 0 Å². The van der Waals surface area contributed by atoms with Crippen LogP contribution in [0.3, 0.4) is 0 Å². The number of aliphatic hydroxyl groups is 1. The van der Waals surface area contributed by atoms with Gasteiger partial charge < -0.3 is 5.11 Å². The molecular weight excluding hydrogens is 137 g/mol. The maximum atomic E-state index is 10.4. The van der Waals surface area contributed by atoms with Gasteiger partial charge in [-0.1, -0.05) is 3.89 Å². The zero-order valence-corrected chi connectivity index (χ0v) is 5.15. The molecule has 0 rings (SSSR count). The highest BCUT2D eigenvalue weighted by Gasteiger charge is 1.86. The smallest absolute Gasteiger partial charge is 0.369 e. The molecule has 0 aromatic carbocycles. The molecule has 0 aromatic heterocycles. The molecule has 0 aliphatic carbocycles. The third kappa shape index (κ3) is 3340. The van der Waals surface area contributed by atoms with Crippen molar-refractivity contribution < 1.29 is 17.4 Å². The average molecular weight is 145 g/mol. The molecule has 0 amide bonds. The van der Waals surface area contributed by atoms with Crippen LogP contribution >= 0.6 is 0 Å². The Bertz CT molecular complexity index is 111. The van der Waals surface area contributed by atoms with E-state index in [-0.39, 0.29) is 6.61 Å². The maximum absolute atomic E-state index is 10.4. The first-order chi connectivity index (χ1) is 3.41. The van der Waals surface area contributed by atoms with Crippen molar-refractivity contribution >= 4 is 10.4 Å². The fourth-order valence-corrected chi connectivity index (χ4v) is 0. The van der Waals surface area contributed by atoms with Gasteiger partial charge in [0.1, 0.15) is 0 Å². The monoisotopic (exact) mass is 145 g/mol. The molecule has 0 aromatic rings. The summed E-state index contributed by atoms with van der Waals surface area (Å²) in [6.45, 7) is 1.93. The van der Waals surface area contributed by atoms with E-state index in [1.807, 2.05) is 0 Å². The summed E-state index contributed by atoms with van der Waals surface area (Å²) in [5.41, 5.74) is 0. The number of rotatable bonds is 0. The van der Waals surface area contributed by atoms with Gasteiger partial charge in [0, 0.05) is 6.61 Å². The molecule has 0 unspecified atom stereocenters. The second-order valence-electron chi connectivity index (χ2n) is 0.792. The predicted molar refractivity (Wildman–Crippen MR) is 27.0 cm³/mol. The lowest BCUT2D eigenvalue weighted by molar-refractivity contribution is 0.318. The standard InChI is InChI=1S/C2H6O.FH2NO2S/c1-2-3;1-5(2,3)4/h3H,2H2,1H3;(H2,2,3,4). The molecule has 0 saturated carbocycles. The number of hydrogen-bond acceptors (Lipinski definition) is 3. The van der Waals surface area contributed by atoms with Gasteiger partial charge in [-0.3, -0.25) is 0 Å². The molecule has 0 heterocycles. The van der Waals surface area contributed by atoms with Crippen molar-refractivity contribution in [1.29, 1.82) is 0 Å². The third-order valence-electron chi connectivity index (χ3n) is 0. The van der Waals surface area contributed by atoms with Gasteiger partial charge in [0.2, 0.25) is 0 Å². The van der Waals surface area contributed by atoms with Crippen LogP contribution in [-0.2, 0) is 10.4 Å². The Balaban J connectivity index is 0. The van der Waals surface area contributed by atoms with Gasteiger partial charge in [-0.05, 0) is 6.92 Å². The van der Waals surface area contributed by atoms with Crippen LogP contribution in [0.1, 0.15) is 6.92 Å². The number of aliphatic hydroxyl groups excluding tert-OH is 1. The van der Waals surface area contributed by atoms with Gasteiger partial charge in [-0.2, -0.15) is 8.42 Å². The molecule has 0 fully saturated rings. The molecule has 0 radical (unpaired) electrons. The summed E-state index contributed by atoms with van der Waals surface area (Å²) in [5.74, 6) is 0. The van der Waals surface area contributed by atoms with Crippen LogP contribution in [0.2, 0.25) is 0 Å². The molecule has 6 heteroatoms. The van der Waals surface area contributed by atoms with Crippen LogP contribution in [0.4, 0.5) is 3.89 Å². The minimum absolute atomic E-state index is 0.250. The van der Waals surface area contributed by atoms with Gasteiger partial charge in [-0.15, -0.1) is 0 Å². The molecule has 0 aliphatic heterocycles. The summed E-state index contributed by atoms with van der Waals surface area (Å²) in [7, 11) is -4.67. The normalized spacial score (nSPS) is 9.50. The Morgan fingerprint density at radius 3 is 1.75 bits per heavy atom. The second-order valence-corrected chi connectivity index (χ2v) is 1.74. The van der Waals surface area contributed by atoms with E-state index in [0.717, 1.165) is 0 Å². The van der Waals surface area contributed by atoms with Gasteiger partial charge in [0.25, 0.3) is 0 Å². The zero-order valence-electron chi connectivity index (χ0n) is 4.33. The molecule has 0 aliphatic rings. The van der Waals surface area contributed by atoms with Crippen molar-refractivity contribution in [2.75, 3.05) is 6.61 Å². The quantitative estimate of drug-likeness (QED) is 0.436. The van der Waals surface area contributed by atoms with Gasteiger partial charge in [0.05, 0.1) is 0 Å². The van der Waals surface area contributed by atoms with E-state index < -0.39 is 10.4 Å². The highest BCUT2D eigenvalue weighted by atomic mass is 32.3. The summed E-state index contributed by atoms with van der Waals surface area (Å²) < 4.78 is 27.9. The largest absolute Gasteiger partial charge is 0.397 e. The predicted octanol–water partition coefficient (Wildman–Crippen LogP) is -0.842. The lowest BCUT2D eigenvalue weighted by Crippen LogP contribution is -2.01. The number of halogens is 1. The van der Waals surface area contributed by atoms with Crippen LogP contribution in [0, 0.1) is 0 Å². The van der Waals surface area contributed by atoms with Gasteiger partial charge in [-0.25, -0.2) is 5.14 Å². The van der Waals surface area contributed by atoms with Crippen molar-refractivity contribution in [2.24, 2.45) is 5.14 Å². The summed E-state index contributed by atoms with van der Waals surface area (Å²) in [4.78, 5) is 0. The molecule has 0 bridgehead atoms. The fraction of sp³-hybridized carbons (Fsp3) is 1.00. The number of nitrogens with two attached hydrogens (primary N) is 1. The van der Waals surface area contributed by atoms with Crippen molar-refractivity contribution in [2.45, 2.75) is 6.92 Å². The lowest BCUT2D eigenvalue weighted by Gasteiger charge is -1.64. The first kappa shape index (κ1) is 10.7. The molecule has 4 nitrogen and oxygen atoms in total. The van der Waals surface area contributed by atoms with Crippen molar-refractivity contribution in [3.05, 3.63) is 0 Å². The van der Waals surface area contributed by atoms with Crippen LogP contribution < -0.4 is 5.14 Å². The van der Waals surface area contributed by atoms with E-state index in [1.165, 1.54) is 0 Å². The average Bonchev–Trinajstić information content (AvgIpc) is 1.27. The number of hydrogen-bond donors (Lipinski definition) is 2. The van der Waals surface area contributed by atoms with E-state index in [2.05, 4.69) is 5.14 Å². The Kier molecular flexibility index (Phi) is 6.63. The van der Waals surface area contributed by atoms with E-state index in [0.29, 0.717) is 0 Å². The molecule has 8 heavy (non-hydrogen) atoms. The van der Waals surface area contributed by atoms with E-state index in [4.69, 9.17) is 13.5 Å². The zero-order chi connectivity index (χ0) is 7.21. The minimum Gasteiger partial charge on any atom is -0.397 e. The highest BCUT2D eigenvalue weighted by molar-refractivity contribution is 7.83. The van der Waals surface area contributed by atoms with E-state index >= 15 is 0 Å². The summed E-state index contributed by atoms with van der Waals surface area (Å²) in [6, 6.07) is 0. The minimum atomic E-state index is -4.67. The Morgan fingerprint density at radius 2 is 1.75 bits per heavy atom. The third-order valence-corrected chi connectivity index (χ3v) is 0. The molecule has 0 atom stereocenters. The van der Waals surface area contributed by atoms with Crippen LogP contribution in [0.25, 0.3) is 0 Å². The molecule has 52 valence electrons. The first-order valence-electron chi connectivity index (χ1n) is 1.75.